The van der Waals surface area contributed by atoms with E-state index in [9.17, 15) is 0 Å². The summed E-state index contributed by atoms with van der Waals surface area (Å²) in [5, 5.41) is 4.53. The molecule has 1 aromatic carbocycles. The first-order valence-electron chi connectivity index (χ1n) is 10.5. The van der Waals surface area contributed by atoms with Gasteiger partial charge in [0, 0.05) is 42.8 Å². The van der Waals surface area contributed by atoms with Crippen LogP contribution in [0.1, 0.15) is 24.1 Å². The summed E-state index contributed by atoms with van der Waals surface area (Å²) in [7, 11) is 0. The Morgan fingerprint density at radius 3 is 2.77 bits per heavy atom. The van der Waals surface area contributed by atoms with Crippen molar-refractivity contribution < 1.29 is 4.74 Å². The van der Waals surface area contributed by atoms with E-state index >= 15 is 0 Å². The highest BCUT2D eigenvalue weighted by atomic mass is 16.5. The zero-order valence-electron chi connectivity index (χ0n) is 16.9. The van der Waals surface area contributed by atoms with Crippen LogP contribution in [-0.2, 0) is 17.9 Å². The predicted molar refractivity (Wildman–Crippen MR) is 116 cm³/mol. The van der Waals surface area contributed by atoms with E-state index in [0.717, 1.165) is 60.5 Å². The Morgan fingerprint density at radius 2 is 1.90 bits per heavy atom. The first kappa shape index (κ1) is 18.9. The lowest BCUT2D eigenvalue weighted by Crippen LogP contribution is -2.39. The molecule has 3 aromatic heterocycles. The van der Waals surface area contributed by atoms with Gasteiger partial charge in [-0.15, -0.1) is 0 Å². The van der Waals surface area contributed by atoms with Crippen molar-refractivity contribution in [2.75, 3.05) is 13.1 Å². The van der Waals surface area contributed by atoms with Gasteiger partial charge in [-0.05, 0) is 37.1 Å². The molecule has 1 aliphatic heterocycles. The van der Waals surface area contributed by atoms with Crippen LogP contribution in [0.2, 0.25) is 0 Å². The fourth-order valence-corrected chi connectivity index (χ4v) is 4.05. The van der Waals surface area contributed by atoms with Gasteiger partial charge in [0.15, 0.2) is 5.65 Å². The number of hydrogen-bond donors (Lipinski definition) is 0. The maximum absolute atomic E-state index is 6.12. The molecule has 1 fully saturated rings. The minimum Gasteiger partial charge on any atom is -0.371 e. The number of benzene rings is 1. The molecule has 30 heavy (non-hydrogen) atoms. The summed E-state index contributed by atoms with van der Waals surface area (Å²) < 4.78 is 8.01. The number of fused-ring (bicyclic) bond motifs is 1. The second kappa shape index (κ2) is 8.73. The van der Waals surface area contributed by atoms with Crippen molar-refractivity contribution in [1.29, 1.82) is 0 Å². The number of ether oxygens (including phenoxy) is 1. The van der Waals surface area contributed by atoms with Crippen molar-refractivity contribution in [1.82, 2.24) is 24.5 Å². The lowest BCUT2D eigenvalue weighted by atomic mass is 10.1. The van der Waals surface area contributed by atoms with Crippen LogP contribution in [-0.4, -0.2) is 43.7 Å². The molecule has 4 heterocycles. The van der Waals surface area contributed by atoms with Crippen LogP contribution in [0.4, 0.5) is 0 Å². The highest BCUT2D eigenvalue weighted by molar-refractivity contribution is 5.76. The van der Waals surface area contributed by atoms with Crippen LogP contribution in [0.5, 0.6) is 0 Å². The van der Waals surface area contributed by atoms with Crippen molar-refractivity contribution in [3.05, 3.63) is 84.6 Å². The van der Waals surface area contributed by atoms with E-state index in [1.807, 2.05) is 59.5 Å². The zero-order valence-corrected chi connectivity index (χ0v) is 16.9. The Morgan fingerprint density at radius 1 is 1.00 bits per heavy atom. The predicted octanol–water partition coefficient (Wildman–Crippen LogP) is 3.97. The van der Waals surface area contributed by atoms with E-state index in [4.69, 9.17) is 9.72 Å². The Kier molecular flexibility index (Phi) is 5.50. The first-order chi connectivity index (χ1) is 14.8. The number of pyridine rings is 1. The van der Waals surface area contributed by atoms with E-state index in [1.54, 1.807) is 0 Å². The van der Waals surface area contributed by atoms with Gasteiger partial charge in [0.05, 0.1) is 24.6 Å². The van der Waals surface area contributed by atoms with Crippen LogP contribution in [0, 0.1) is 0 Å². The lowest BCUT2D eigenvalue weighted by Gasteiger charge is -2.32. The van der Waals surface area contributed by atoms with Crippen molar-refractivity contribution in [2.45, 2.75) is 32.1 Å². The smallest absolute Gasteiger partial charge is 0.162 e. The van der Waals surface area contributed by atoms with Crippen LogP contribution < -0.4 is 0 Å². The monoisotopic (exact) mass is 399 g/mol. The molecule has 0 amide bonds. The second-order valence-corrected chi connectivity index (χ2v) is 7.79. The molecule has 0 saturated carbocycles. The molecule has 0 N–H and O–H groups in total. The summed E-state index contributed by atoms with van der Waals surface area (Å²) in [5.74, 6) is 0. The molecular weight excluding hydrogens is 374 g/mol. The summed E-state index contributed by atoms with van der Waals surface area (Å²) in [4.78, 5) is 11.5. The second-order valence-electron chi connectivity index (χ2n) is 7.79. The van der Waals surface area contributed by atoms with Gasteiger partial charge in [-0.25, -0.2) is 9.50 Å². The third-order valence-corrected chi connectivity index (χ3v) is 5.56. The third kappa shape index (κ3) is 4.25. The summed E-state index contributed by atoms with van der Waals surface area (Å²) in [6, 6.07) is 16.2. The molecule has 6 heteroatoms. The van der Waals surface area contributed by atoms with Crippen molar-refractivity contribution in [2.24, 2.45) is 0 Å². The van der Waals surface area contributed by atoms with Crippen LogP contribution in [0.25, 0.3) is 16.8 Å². The number of piperidine rings is 1. The number of rotatable bonds is 6. The molecule has 1 aliphatic rings. The average molecular weight is 399 g/mol. The molecule has 0 radical (unpaired) electrons. The standard InChI is InChI=1S/C24H25N5O/c1-2-7-20(8-3-1)23-14-27-29-16-19(13-26-24(23)29)15-28-12-6-10-22(17-28)30-18-21-9-4-5-11-25-21/h1-5,7-9,11,13-14,16,22H,6,10,12,15,17-18H2. The molecule has 0 spiro atoms. The molecule has 1 unspecified atom stereocenters. The van der Waals surface area contributed by atoms with Gasteiger partial charge in [-0.2, -0.15) is 5.10 Å². The number of nitrogens with zero attached hydrogens (tertiary/aromatic N) is 5. The average Bonchev–Trinajstić information content (AvgIpc) is 3.23. The maximum atomic E-state index is 6.12. The summed E-state index contributed by atoms with van der Waals surface area (Å²) in [6.07, 6.45) is 10.3. The van der Waals surface area contributed by atoms with Gasteiger partial charge in [0.2, 0.25) is 0 Å². The van der Waals surface area contributed by atoms with Gasteiger partial charge in [0.25, 0.3) is 0 Å². The number of aromatic nitrogens is 4. The zero-order chi connectivity index (χ0) is 20.2. The Labute approximate surface area is 176 Å². The maximum Gasteiger partial charge on any atom is 0.162 e. The molecular formula is C24H25N5O. The quantitative estimate of drug-likeness (QED) is 0.491. The topological polar surface area (TPSA) is 55.5 Å². The van der Waals surface area contributed by atoms with Gasteiger partial charge in [-0.3, -0.25) is 9.88 Å². The first-order valence-corrected chi connectivity index (χ1v) is 10.5. The molecule has 152 valence electrons. The highest BCUT2D eigenvalue weighted by Crippen LogP contribution is 2.23. The van der Waals surface area contributed by atoms with Crippen molar-refractivity contribution in [3.63, 3.8) is 0 Å². The minimum absolute atomic E-state index is 0.242. The summed E-state index contributed by atoms with van der Waals surface area (Å²) in [6.45, 7) is 3.43. The van der Waals surface area contributed by atoms with Gasteiger partial charge >= 0.3 is 0 Å². The van der Waals surface area contributed by atoms with E-state index < -0.39 is 0 Å². The molecule has 1 saturated heterocycles. The Bertz CT molecular complexity index is 1100. The Hall–Kier alpha value is -3.09. The van der Waals surface area contributed by atoms with Crippen LogP contribution >= 0.6 is 0 Å². The molecule has 0 bridgehead atoms. The van der Waals surface area contributed by atoms with E-state index in [1.165, 1.54) is 0 Å². The Balaban J connectivity index is 1.24. The third-order valence-electron chi connectivity index (χ3n) is 5.56. The van der Waals surface area contributed by atoms with Crippen LogP contribution in [0.15, 0.2) is 73.3 Å². The van der Waals surface area contributed by atoms with Gasteiger partial charge in [0.1, 0.15) is 0 Å². The fourth-order valence-electron chi connectivity index (χ4n) is 4.05. The molecule has 5 rings (SSSR count). The number of hydrogen-bond acceptors (Lipinski definition) is 5. The summed E-state index contributed by atoms with van der Waals surface area (Å²) >= 11 is 0. The van der Waals surface area contributed by atoms with E-state index in [2.05, 4.69) is 33.3 Å². The van der Waals surface area contributed by atoms with E-state index in [0.29, 0.717) is 6.61 Å². The minimum atomic E-state index is 0.242. The molecule has 6 nitrogen and oxygen atoms in total. The van der Waals surface area contributed by atoms with Gasteiger partial charge < -0.3 is 4.74 Å². The SMILES string of the molecule is c1ccc(-c2cnn3cc(CN4CCCC(OCc5ccccn5)C4)cnc23)cc1. The molecule has 4 aromatic rings. The normalized spacial score (nSPS) is 17.4. The van der Waals surface area contributed by atoms with Crippen LogP contribution in [0.3, 0.4) is 0 Å². The number of likely N-dealkylation sites (tertiary alicyclic amines) is 1. The van der Waals surface area contributed by atoms with Crippen molar-refractivity contribution >= 4 is 5.65 Å². The lowest BCUT2D eigenvalue weighted by molar-refractivity contribution is -0.0133. The van der Waals surface area contributed by atoms with Gasteiger partial charge in [-0.1, -0.05) is 36.4 Å². The molecule has 1 atom stereocenters. The largest absolute Gasteiger partial charge is 0.371 e. The summed E-state index contributed by atoms with van der Waals surface area (Å²) in [5.41, 5.74) is 5.23. The van der Waals surface area contributed by atoms with E-state index in [-0.39, 0.29) is 6.10 Å². The molecule has 0 aliphatic carbocycles. The van der Waals surface area contributed by atoms with Crippen molar-refractivity contribution in [3.8, 4) is 11.1 Å². The fraction of sp³-hybridized carbons (Fsp3) is 0.292. The highest BCUT2D eigenvalue weighted by Gasteiger charge is 2.21.